The molecule has 0 saturated heterocycles. The van der Waals surface area contributed by atoms with Crippen LogP contribution in [0.15, 0.2) is 54.6 Å². The van der Waals surface area contributed by atoms with Gasteiger partial charge in [0.2, 0.25) is 0 Å². The second-order valence-corrected chi connectivity index (χ2v) is 6.76. The lowest BCUT2D eigenvalue weighted by Gasteiger charge is -2.08. The van der Waals surface area contributed by atoms with Gasteiger partial charge in [0.15, 0.2) is 11.6 Å². The summed E-state index contributed by atoms with van der Waals surface area (Å²) in [6.07, 6.45) is 5.20. The number of unbranched alkanes of at least 4 members (excludes halogenated alkanes) is 1. The molecule has 1 unspecified atom stereocenters. The number of halogens is 2. The fourth-order valence-corrected chi connectivity index (χ4v) is 3.06. The third-order valence-electron chi connectivity index (χ3n) is 4.54. The zero-order valence-corrected chi connectivity index (χ0v) is 15.1. The van der Waals surface area contributed by atoms with Crippen molar-refractivity contribution in [3.63, 3.8) is 0 Å². The Balaban J connectivity index is 1.84. The molecule has 0 bridgehead atoms. The molecule has 140 valence electrons. The zero-order chi connectivity index (χ0) is 19.4. The number of phenols is 1. The average Bonchev–Trinajstić information content (AvgIpc) is 2.64. The van der Waals surface area contributed by atoms with E-state index in [1.165, 1.54) is 0 Å². The van der Waals surface area contributed by atoms with E-state index in [4.69, 9.17) is 0 Å². The monoisotopic (exact) mass is 368 g/mol. The van der Waals surface area contributed by atoms with Crippen LogP contribution < -0.4 is 0 Å². The van der Waals surface area contributed by atoms with Crippen LogP contribution in [0.5, 0.6) is 5.75 Å². The summed E-state index contributed by atoms with van der Waals surface area (Å²) >= 11 is 0. The molecular formula is C23H22F2O2. The Hall–Kier alpha value is -2.72. The number of hydrogen-bond acceptors (Lipinski definition) is 2. The molecule has 0 heterocycles. The van der Waals surface area contributed by atoms with Gasteiger partial charge in [-0.05, 0) is 60.7 Å². The third-order valence-corrected chi connectivity index (χ3v) is 4.54. The third kappa shape index (κ3) is 4.52. The van der Waals surface area contributed by atoms with E-state index in [-0.39, 0.29) is 23.0 Å². The summed E-state index contributed by atoms with van der Waals surface area (Å²) < 4.78 is 29.1. The largest absolute Gasteiger partial charge is 0.508 e. The van der Waals surface area contributed by atoms with E-state index in [0.717, 1.165) is 17.2 Å². The number of allylic oxidation sites excluding steroid dienone is 1. The molecule has 1 atom stereocenters. The molecule has 2 N–H and O–H groups in total. The van der Waals surface area contributed by atoms with Crippen molar-refractivity contribution in [3.05, 3.63) is 71.8 Å². The van der Waals surface area contributed by atoms with Gasteiger partial charge in [-0.15, -0.1) is 0 Å². The number of aliphatic hydroxyl groups excluding tert-OH is 1. The Labute approximate surface area is 157 Å². The first-order valence-corrected chi connectivity index (χ1v) is 9.01. The number of benzene rings is 3. The van der Waals surface area contributed by atoms with E-state index in [1.54, 1.807) is 67.6 Å². The molecule has 0 fully saturated rings. The second kappa shape index (κ2) is 8.31. The lowest BCUT2D eigenvalue weighted by atomic mass is 9.99. The number of phenolic OH excluding ortho intramolecular Hbond substituents is 1. The molecule has 0 amide bonds. The van der Waals surface area contributed by atoms with Gasteiger partial charge in [0, 0.05) is 11.1 Å². The highest BCUT2D eigenvalue weighted by molar-refractivity contribution is 5.88. The Bertz CT molecular complexity index is 978. The number of aromatic hydroxyl groups is 1. The maximum absolute atomic E-state index is 14.6. The highest BCUT2D eigenvalue weighted by Crippen LogP contribution is 2.30. The van der Waals surface area contributed by atoms with Crippen LogP contribution >= 0.6 is 0 Å². The van der Waals surface area contributed by atoms with Gasteiger partial charge in [-0.2, -0.15) is 0 Å². The standard InChI is InChI=1S/C23H22F2O2/c1-15(26)5-3-2-4-6-16-10-12-21(23(25)22(16)24)19-8-7-18-14-20(27)11-9-17(18)13-19/h4,6-15,26-27H,2-3,5H2,1H3/b6-4+. The molecule has 2 nitrogen and oxygen atoms in total. The lowest BCUT2D eigenvalue weighted by molar-refractivity contribution is 0.182. The van der Waals surface area contributed by atoms with Gasteiger partial charge in [0.1, 0.15) is 5.75 Å². The predicted molar refractivity (Wildman–Crippen MR) is 106 cm³/mol. The normalized spacial score (nSPS) is 12.7. The predicted octanol–water partition coefficient (Wildman–Crippen LogP) is 6.05. The van der Waals surface area contributed by atoms with E-state index in [1.807, 2.05) is 0 Å². The Morgan fingerprint density at radius 1 is 0.963 bits per heavy atom. The van der Waals surface area contributed by atoms with Crippen LogP contribution in [0, 0.1) is 11.6 Å². The van der Waals surface area contributed by atoms with Gasteiger partial charge in [-0.1, -0.05) is 42.5 Å². The molecule has 0 saturated carbocycles. The fourth-order valence-electron chi connectivity index (χ4n) is 3.06. The molecule has 3 rings (SSSR count). The molecule has 3 aromatic carbocycles. The highest BCUT2D eigenvalue weighted by Gasteiger charge is 2.14. The van der Waals surface area contributed by atoms with Crippen molar-refractivity contribution in [1.29, 1.82) is 0 Å². The molecule has 0 radical (unpaired) electrons. The van der Waals surface area contributed by atoms with Gasteiger partial charge in [-0.3, -0.25) is 0 Å². The van der Waals surface area contributed by atoms with E-state index in [2.05, 4.69) is 0 Å². The molecule has 0 aliphatic heterocycles. The maximum Gasteiger partial charge on any atom is 0.167 e. The highest BCUT2D eigenvalue weighted by atomic mass is 19.2. The molecule has 0 aromatic heterocycles. The lowest BCUT2D eigenvalue weighted by Crippen LogP contribution is -1.97. The molecule has 0 aliphatic carbocycles. The summed E-state index contributed by atoms with van der Waals surface area (Å²) in [6.45, 7) is 1.73. The molecular weight excluding hydrogens is 346 g/mol. The van der Waals surface area contributed by atoms with Crippen molar-refractivity contribution in [2.45, 2.75) is 32.3 Å². The van der Waals surface area contributed by atoms with Gasteiger partial charge < -0.3 is 10.2 Å². The summed E-state index contributed by atoms with van der Waals surface area (Å²) in [6, 6.07) is 13.3. The van der Waals surface area contributed by atoms with E-state index < -0.39 is 11.6 Å². The Morgan fingerprint density at radius 2 is 1.70 bits per heavy atom. The smallest absolute Gasteiger partial charge is 0.167 e. The minimum atomic E-state index is -0.876. The van der Waals surface area contributed by atoms with Crippen LogP contribution in [0.2, 0.25) is 0 Å². The first-order valence-electron chi connectivity index (χ1n) is 9.01. The van der Waals surface area contributed by atoms with Crippen LogP contribution in [-0.4, -0.2) is 16.3 Å². The summed E-state index contributed by atoms with van der Waals surface area (Å²) in [5, 5.41) is 20.4. The summed E-state index contributed by atoms with van der Waals surface area (Å²) in [5.74, 6) is -1.58. The number of hydrogen-bond donors (Lipinski definition) is 2. The summed E-state index contributed by atoms with van der Waals surface area (Å²) in [4.78, 5) is 0. The van der Waals surface area contributed by atoms with Gasteiger partial charge in [0.05, 0.1) is 6.10 Å². The van der Waals surface area contributed by atoms with Gasteiger partial charge >= 0.3 is 0 Å². The van der Waals surface area contributed by atoms with Crippen molar-refractivity contribution in [2.24, 2.45) is 0 Å². The Morgan fingerprint density at radius 3 is 2.48 bits per heavy atom. The van der Waals surface area contributed by atoms with E-state index >= 15 is 0 Å². The quantitative estimate of drug-likeness (QED) is 0.520. The molecule has 0 spiro atoms. The zero-order valence-electron chi connectivity index (χ0n) is 15.1. The van der Waals surface area contributed by atoms with Crippen molar-refractivity contribution in [1.82, 2.24) is 0 Å². The van der Waals surface area contributed by atoms with E-state index in [0.29, 0.717) is 18.4 Å². The topological polar surface area (TPSA) is 40.5 Å². The summed E-state index contributed by atoms with van der Waals surface area (Å²) in [7, 11) is 0. The van der Waals surface area contributed by atoms with Crippen molar-refractivity contribution >= 4 is 16.8 Å². The number of aliphatic hydroxyl groups is 1. The first-order chi connectivity index (χ1) is 13.0. The molecule has 4 heteroatoms. The number of rotatable bonds is 6. The van der Waals surface area contributed by atoms with Crippen LogP contribution in [0.3, 0.4) is 0 Å². The van der Waals surface area contributed by atoms with Crippen molar-refractivity contribution in [2.75, 3.05) is 0 Å². The molecule has 27 heavy (non-hydrogen) atoms. The van der Waals surface area contributed by atoms with Crippen molar-refractivity contribution in [3.8, 4) is 16.9 Å². The van der Waals surface area contributed by atoms with Crippen LogP contribution in [-0.2, 0) is 0 Å². The SMILES string of the molecule is CC(O)CCC/C=C/c1ccc(-c2ccc3cc(O)ccc3c2)c(F)c1F. The second-order valence-electron chi connectivity index (χ2n) is 6.76. The van der Waals surface area contributed by atoms with E-state index in [9.17, 15) is 19.0 Å². The van der Waals surface area contributed by atoms with Crippen LogP contribution in [0.1, 0.15) is 31.7 Å². The minimum absolute atomic E-state index is 0.164. The number of fused-ring (bicyclic) bond motifs is 1. The van der Waals surface area contributed by atoms with Crippen molar-refractivity contribution < 1.29 is 19.0 Å². The van der Waals surface area contributed by atoms with Crippen LogP contribution in [0.25, 0.3) is 28.0 Å². The van der Waals surface area contributed by atoms with Gasteiger partial charge in [0.25, 0.3) is 0 Å². The van der Waals surface area contributed by atoms with Gasteiger partial charge in [-0.25, -0.2) is 8.78 Å². The minimum Gasteiger partial charge on any atom is -0.508 e. The molecule has 0 aliphatic rings. The fraction of sp³-hybridized carbons (Fsp3) is 0.217. The van der Waals surface area contributed by atoms with Crippen LogP contribution in [0.4, 0.5) is 8.78 Å². The molecule has 3 aromatic rings. The Kier molecular flexibility index (Phi) is 5.87. The average molecular weight is 368 g/mol. The summed E-state index contributed by atoms with van der Waals surface area (Å²) in [5.41, 5.74) is 0.991. The maximum atomic E-state index is 14.6. The first kappa shape index (κ1) is 19.1.